The third kappa shape index (κ3) is 3.46. The number of halogens is 2. The summed E-state index contributed by atoms with van der Waals surface area (Å²) in [6, 6.07) is 8.83. The van der Waals surface area contributed by atoms with Gasteiger partial charge in [0.15, 0.2) is 17.7 Å². The molecule has 2 aliphatic rings. The molecule has 7 nitrogen and oxygen atoms in total. The molecule has 5 rings (SSSR count). The highest BCUT2D eigenvalue weighted by molar-refractivity contribution is 5.94. The van der Waals surface area contributed by atoms with Crippen LogP contribution in [0.4, 0.5) is 8.78 Å². The summed E-state index contributed by atoms with van der Waals surface area (Å²) in [6.07, 6.45) is -0.168. The smallest absolute Gasteiger partial charge is 0.332 e. The molecule has 0 aliphatic carbocycles. The van der Waals surface area contributed by atoms with E-state index in [-0.39, 0.29) is 25.4 Å². The second-order valence-corrected chi connectivity index (χ2v) is 9.78. The van der Waals surface area contributed by atoms with Gasteiger partial charge in [-0.15, -0.1) is 0 Å². The van der Waals surface area contributed by atoms with Crippen LogP contribution in [0.2, 0.25) is 0 Å². The van der Waals surface area contributed by atoms with Gasteiger partial charge in [-0.25, -0.2) is 19.1 Å². The number of aromatic nitrogens is 1. The number of carboxylic acid groups (broad SMARTS) is 1. The number of rotatable bonds is 2. The minimum absolute atomic E-state index is 0.0482. The Morgan fingerprint density at radius 2 is 1.97 bits per heavy atom. The summed E-state index contributed by atoms with van der Waals surface area (Å²) < 4.78 is 35.8. The highest BCUT2D eigenvalue weighted by Crippen LogP contribution is 2.49. The molecule has 180 valence electrons. The number of benzene rings is 2. The topological polar surface area (TPSA) is 93.0 Å². The number of hydrogen-bond donors (Lipinski definition) is 3. The van der Waals surface area contributed by atoms with Crippen LogP contribution in [0.15, 0.2) is 36.4 Å². The van der Waals surface area contributed by atoms with E-state index < -0.39 is 34.5 Å². The summed E-state index contributed by atoms with van der Waals surface area (Å²) in [7, 11) is 0. The minimum Gasteiger partial charge on any atom is -0.507 e. The van der Waals surface area contributed by atoms with Gasteiger partial charge >= 0.3 is 5.97 Å². The fourth-order valence-electron chi connectivity index (χ4n) is 5.30. The minimum atomic E-state index is -1.02. The van der Waals surface area contributed by atoms with E-state index in [1.807, 2.05) is 24.5 Å². The molecule has 0 saturated carbocycles. The number of hydroxylamine groups is 1. The molecule has 1 aromatic heterocycles. The number of phenolic OH excluding ortho intramolecular Hbond substituents is 1. The molecule has 34 heavy (non-hydrogen) atoms. The van der Waals surface area contributed by atoms with Gasteiger partial charge in [-0.1, -0.05) is 19.9 Å². The van der Waals surface area contributed by atoms with E-state index in [4.69, 9.17) is 9.57 Å². The average Bonchev–Trinajstić information content (AvgIpc) is 3.16. The fraction of sp³-hybridized carbons (Fsp3) is 0.400. The Kier molecular flexibility index (Phi) is 5.38. The average molecular weight is 472 g/mol. The van der Waals surface area contributed by atoms with Crippen molar-refractivity contribution in [1.82, 2.24) is 10.0 Å². The molecule has 0 radical (unpaired) electrons. The number of phenols is 1. The van der Waals surface area contributed by atoms with E-state index >= 15 is 0 Å². The van der Waals surface area contributed by atoms with E-state index in [2.05, 4.69) is 5.48 Å². The number of ether oxygens (including phenoxy) is 1. The Balaban J connectivity index is 1.86. The predicted octanol–water partition coefficient (Wildman–Crippen LogP) is 3.93. The molecule has 1 saturated heterocycles. The van der Waals surface area contributed by atoms with Crippen molar-refractivity contribution in [2.75, 3.05) is 19.8 Å². The van der Waals surface area contributed by atoms with Gasteiger partial charge in [0.2, 0.25) is 0 Å². The lowest BCUT2D eigenvalue weighted by Gasteiger charge is -2.43. The number of carboxylic acids is 1. The molecule has 9 heteroatoms. The Labute approximate surface area is 194 Å². The van der Waals surface area contributed by atoms with Crippen LogP contribution in [0.1, 0.15) is 37.9 Å². The summed E-state index contributed by atoms with van der Waals surface area (Å²) in [6.45, 7) is 4.64. The van der Waals surface area contributed by atoms with E-state index in [0.717, 1.165) is 23.4 Å². The Bertz CT molecular complexity index is 1280. The standard InChI is InChI=1S/C25H26F2N2O5/c1-24(2)12-34-28-11-25(9-8-19(23(31)32)33-13-25)21-20-17(4-3-5-18(20)30)29(22(21)24)14-6-7-15(26)16(27)10-14/h3-7,10,19,28,30H,8-9,11-13H2,1-2H3,(H,31,32). The first kappa shape index (κ1) is 22.8. The van der Waals surface area contributed by atoms with Crippen molar-refractivity contribution in [3.63, 3.8) is 0 Å². The summed E-state index contributed by atoms with van der Waals surface area (Å²) >= 11 is 0. The number of aromatic hydroxyl groups is 1. The number of nitrogens with one attached hydrogen (secondary N) is 1. The van der Waals surface area contributed by atoms with Gasteiger partial charge in [0.1, 0.15) is 5.75 Å². The molecular weight excluding hydrogens is 446 g/mol. The van der Waals surface area contributed by atoms with Crippen LogP contribution in [0.25, 0.3) is 16.6 Å². The van der Waals surface area contributed by atoms with Crippen LogP contribution in [-0.2, 0) is 25.2 Å². The molecule has 0 amide bonds. The van der Waals surface area contributed by atoms with Crippen molar-refractivity contribution in [3.8, 4) is 11.4 Å². The monoisotopic (exact) mass is 472 g/mol. The first-order valence-corrected chi connectivity index (χ1v) is 11.2. The molecule has 2 unspecified atom stereocenters. The van der Waals surface area contributed by atoms with Crippen LogP contribution in [0.3, 0.4) is 0 Å². The summed E-state index contributed by atoms with van der Waals surface area (Å²) in [5, 5.41) is 21.1. The van der Waals surface area contributed by atoms with Gasteiger partial charge in [-0.05, 0) is 42.7 Å². The van der Waals surface area contributed by atoms with Gasteiger partial charge in [0.05, 0.1) is 18.7 Å². The molecule has 1 fully saturated rings. The Hall–Kier alpha value is -3.01. The normalized spacial score (nSPS) is 24.5. The predicted molar refractivity (Wildman–Crippen MR) is 120 cm³/mol. The molecular formula is C25H26F2N2O5. The second kappa shape index (κ2) is 8.04. The maximum atomic E-state index is 14.3. The van der Waals surface area contributed by atoms with Crippen LogP contribution < -0.4 is 5.48 Å². The van der Waals surface area contributed by atoms with Crippen LogP contribution in [0.5, 0.6) is 5.75 Å². The number of nitrogens with zero attached hydrogens (tertiary/aromatic N) is 1. The van der Waals surface area contributed by atoms with E-state index in [1.54, 1.807) is 12.1 Å². The number of hydrogen-bond acceptors (Lipinski definition) is 5. The van der Waals surface area contributed by atoms with Gasteiger partial charge in [0.25, 0.3) is 0 Å². The summed E-state index contributed by atoms with van der Waals surface area (Å²) in [4.78, 5) is 17.3. The van der Waals surface area contributed by atoms with Crippen LogP contribution in [0, 0.1) is 11.6 Å². The molecule has 2 atom stereocenters. The Morgan fingerprint density at radius 1 is 1.18 bits per heavy atom. The number of aliphatic carboxylic acids is 1. The van der Waals surface area contributed by atoms with E-state index in [9.17, 15) is 23.8 Å². The highest BCUT2D eigenvalue weighted by atomic mass is 19.2. The van der Waals surface area contributed by atoms with Crippen molar-refractivity contribution in [1.29, 1.82) is 0 Å². The zero-order valence-electron chi connectivity index (χ0n) is 18.9. The lowest BCUT2D eigenvalue weighted by molar-refractivity contribution is -0.157. The van der Waals surface area contributed by atoms with E-state index in [1.165, 1.54) is 6.07 Å². The summed E-state index contributed by atoms with van der Waals surface area (Å²) in [5.74, 6) is -2.89. The van der Waals surface area contributed by atoms with Gasteiger partial charge in [-0.3, -0.25) is 0 Å². The SMILES string of the molecule is CC1(C)CONCC2(CCC(C(=O)O)OC2)c2c1n(-c1ccc(F)c(F)c1)c1cccc(O)c21. The number of fused-ring (bicyclic) bond motifs is 4. The maximum Gasteiger partial charge on any atom is 0.332 e. The quantitative estimate of drug-likeness (QED) is 0.524. The van der Waals surface area contributed by atoms with Crippen LogP contribution >= 0.6 is 0 Å². The van der Waals surface area contributed by atoms with Gasteiger partial charge in [0, 0.05) is 40.2 Å². The largest absolute Gasteiger partial charge is 0.507 e. The zero-order valence-corrected chi connectivity index (χ0v) is 18.9. The zero-order chi connectivity index (χ0) is 24.3. The molecule has 2 aliphatic heterocycles. The molecule has 1 spiro atoms. The third-order valence-corrected chi connectivity index (χ3v) is 6.97. The fourth-order valence-corrected chi connectivity index (χ4v) is 5.30. The third-order valence-electron chi connectivity index (χ3n) is 6.97. The first-order valence-electron chi connectivity index (χ1n) is 11.2. The second-order valence-electron chi connectivity index (χ2n) is 9.78. The first-order chi connectivity index (χ1) is 16.1. The molecule has 3 N–H and O–H groups in total. The van der Waals surface area contributed by atoms with Crippen molar-refractivity contribution >= 4 is 16.9 Å². The van der Waals surface area contributed by atoms with Gasteiger partial charge < -0.3 is 24.4 Å². The number of carbonyl (C=O) groups is 1. The van der Waals surface area contributed by atoms with Crippen molar-refractivity contribution in [2.45, 2.75) is 43.6 Å². The van der Waals surface area contributed by atoms with Crippen molar-refractivity contribution < 1.29 is 33.4 Å². The van der Waals surface area contributed by atoms with Crippen molar-refractivity contribution in [2.24, 2.45) is 0 Å². The van der Waals surface area contributed by atoms with Crippen LogP contribution in [-0.4, -0.2) is 46.6 Å². The van der Waals surface area contributed by atoms with Gasteiger partial charge in [-0.2, -0.15) is 0 Å². The van der Waals surface area contributed by atoms with Crippen molar-refractivity contribution in [3.05, 3.63) is 59.3 Å². The molecule has 3 aromatic rings. The summed E-state index contributed by atoms with van der Waals surface area (Å²) in [5.41, 5.74) is 4.27. The highest BCUT2D eigenvalue weighted by Gasteiger charge is 2.47. The molecule has 3 heterocycles. The lowest BCUT2D eigenvalue weighted by atomic mass is 9.70. The molecule has 2 aromatic carbocycles. The van der Waals surface area contributed by atoms with E-state index in [0.29, 0.717) is 29.6 Å². The molecule has 0 bridgehead atoms. The lowest BCUT2D eigenvalue weighted by Crippen LogP contribution is -2.51. The maximum absolute atomic E-state index is 14.3. The Morgan fingerprint density at radius 3 is 2.65 bits per heavy atom.